The number of aliphatic hydroxyl groups excluding tert-OH is 1. The van der Waals surface area contributed by atoms with Crippen molar-refractivity contribution in [2.75, 3.05) is 6.54 Å². The third-order valence-electron chi connectivity index (χ3n) is 5.52. The van der Waals surface area contributed by atoms with Gasteiger partial charge in [0.05, 0.1) is 0 Å². The van der Waals surface area contributed by atoms with E-state index in [9.17, 15) is 24.6 Å². The molecular formula is C27H38N2O6. The Kier molecular flexibility index (Phi) is 10.1. The SMILES string of the molecule is CC(C)[C@H](O)C(=O)NC(CCCCN(Cc1ccc2ccccc2c1)C(=O)OC(C)(C)C)C(=O)O. The summed E-state index contributed by atoms with van der Waals surface area (Å²) in [7, 11) is 0. The van der Waals surface area contributed by atoms with Gasteiger partial charge < -0.3 is 25.2 Å². The molecule has 35 heavy (non-hydrogen) atoms. The molecule has 2 aromatic rings. The molecule has 1 unspecified atom stereocenters. The highest BCUT2D eigenvalue weighted by atomic mass is 16.6. The van der Waals surface area contributed by atoms with Crippen LogP contribution in [0.3, 0.4) is 0 Å². The maximum Gasteiger partial charge on any atom is 0.410 e. The molecule has 3 N–H and O–H groups in total. The summed E-state index contributed by atoms with van der Waals surface area (Å²) in [5, 5.41) is 23.9. The van der Waals surface area contributed by atoms with Gasteiger partial charge in [-0.2, -0.15) is 0 Å². The van der Waals surface area contributed by atoms with Crippen molar-refractivity contribution in [3.05, 3.63) is 48.0 Å². The molecule has 0 aromatic heterocycles. The number of unbranched alkanes of at least 4 members (excludes halogenated alkanes) is 1. The molecule has 0 bridgehead atoms. The van der Waals surface area contributed by atoms with Crippen LogP contribution >= 0.6 is 0 Å². The van der Waals surface area contributed by atoms with Gasteiger partial charge in [-0.1, -0.05) is 50.2 Å². The quantitative estimate of drug-likeness (QED) is 0.407. The molecule has 0 aliphatic heterocycles. The standard InChI is InChI=1S/C27H38N2O6/c1-18(2)23(30)24(31)28-22(25(32)33)12-8-9-15-29(26(34)35-27(3,4)5)17-19-13-14-20-10-6-7-11-21(20)16-19/h6-7,10-11,13-14,16,18,22-23,30H,8-9,12,15,17H2,1-5H3,(H,28,31)(H,32,33)/t22?,23-/m0/s1. The molecular weight excluding hydrogens is 448 g/mol. The smallest absolute Gasteiger partial charge is 0.410 e. The van der Waals surface area contributed by atoms with E-state index in [1.165, 1.54) is 0 Å². The van der Waals surface area contributed by atoms with E-state index in [-0.39, 0.29) is 12.3 Å². The number of hydrogen-bond donors (Lipinski definition) is 3. The van der Waals surface area contributed by atoms with Crippen LogP contribution in [0.1, 0.15) is 59.4 Å². The van der Waals surface area contributed by atoms with Crippen molar-refractivity contribution in [2.45, 2.75) is 78.2 Å². The van der Waals surface area contributed by atoms with Crippen LogP contribution in [0.15, 0.2) is 42.5 Å². The largest absolute Gasteiger partial charge is 0.480 e. The van der Waals surface area contributed by atoms with Crippen LogP contribution in [0.25, 0.3) is 10.8 Å². The van der Waals surface area contributed by atoms with Crippen LogP contribution in [-0.2, 0) is 20.9 Å². The van der Waals surface area contributed by atoms with Crippen molar-refractivity contribution in [3.8, 4) is 0 Å². The van der Waals surface area contributed by atoms with Gasteiger partial charge >= 0.3 is 12.1 Å². The van der Waals surface area contributed by atoms with E-state index in [1.807, 2.05) is 63.2 Å². The fraction of sp³-hybridized carbons (Fsp3) is 0.519. The molecule has 2 amide bonds. The number of aliphatic carboxylic acids is 1. The molecule has 8 nitrogen and oxygen atoms in total. The van der Waals surface area contributed by atoms with E-state index in [0.29, 0.717) is 25.9 Å². The number of nitrogens with zero attached hydrogens (tertiary/aromatic N) is 1. The highest BCUT2D eigenvalue weighted by molar-refractivity contribution is 5.86. The van der Waals surface area contributed by atoms with Crippen molar-refractivity contribution in [1.82, 2.24) is 10.2 Å². The van der Waals surface area contributed by atoms with Crippen LogP contribution in [-0.4, -0.2) is 57.4 Å². The van der Waals surface area contributed by atoms with Crippen molar-refractivity contribution >= 4 is 28.7 Å². The molecule has 0 saturated heterocycles. The number of carbonyl (C=O) groups is 3. The lowest BCUT2D eigenvalue weighted by Crippen LogP contribution is -2.47. The second kappa shape index (κ2) is 12.5. The Bertz CT molecular complexity index is 1010. The first-order chi connectivity index (χ1) is 16.4. The monoisotopic (exact) mass is 486 g/mol. The highest BCUT2D eigenvalue weighted by Crippen LogP contribution is 2.19. The van der Waals surface area contributed by atoms with Gasteiger partial charge in [0.2, 0.25) is 5.91 Å². The average molecular weight is 487 g/mol. The minimum absolute atomic E-state index is 0.185. The van der Waals surface area contributed by atoms with Gasteiger partial charge in [-0.25, -0.2) is 9.59 Å². The fourth-order valence-corrected chi connectivity index (χ4v) is 3.59. The Hall–Kier alpha value is -3.13. The van der Waals surface area contributed by atoms with Gasteiger partial charge in [0.15, 0.2) is 0 Å². The number of ether oxygens (including phenoxy) is 1. The molecule has 0 aliphatic rings. The molecule has 0 radical (unpaired) electrons. The molecule has 2 aromatic carbocycles. The van der Waals surface area contributed by atoms with Crippen molar-refractivity contribution in [2.24, 2.45) is 5.92 Å². The van der Waals surface area contributed by atoms with E-state index < -0.39 is 35.7 Å². The summed E-state index contributed by atoms with van der Waals surface area (Å²) in [6.45, 7) is 9.53. The minimum Gasteiger partial charge on any atom is -0.480 e. The molecule has 2 atom stereocenters. The number of carboxylic acids is 1. The fourth-order valence-electron chi connectivity index (χ4n) is 3.59. The van der Waals surface area contributed by atoms with Crippen LogP contribution in [0.2, 0.25) is 0 Å². The van der Waals surface area contributed by atoms with Gasteiger partial charge in [-0.05, 0) is 68.4 Å². The first-order valence-electron chi connectivity index (χ1n) is 12.0. The van der Waals surface area contributed by atoms with Crippen molar-refractivity contribution in [3.63, 3.8) is 0 Å². The molecule has 0 saturated carbocycles. The van der Waals surface area contributed by atoms with Gasteiger partial charge in [0, 0.05) is 13.1 Å². The number of rotatable bonds is 11. The van der Waals surface area contributed by atoms with E-state index >= 15 is 0 Å². The zero-order valence-corrected chi connectivity index (χ0v) is 21.3. The number of carbonyl (C=O) groups excluding carboxylic acids is 2. The van der Waals surface area contributed by atoms with Gasteiger partial charge in [0.1, 0.15) is 17.7 Å². The maximum atomic E-state index is 12.9. The summed E-state index contributed by atoms with van der Waals surface area (Å²) in [6.07, 6.45) is -0.523. The first-order valence-corrected chi connectivity index (χ1v) is 12.0. The van der Waals surface area contributed by atoms with Gasteiger partial charge in [0.25, 0.3) is 0 Å². The number of carboxylic acid groups (broad SMARTS) is 1. The first kappa shape index (κ1) is 28.1. The summed E-state index contributed by atoms with van der Waals surface area (Å²) in [5.74, 6) is -2.17. The predicted molar refractivity (Wildman–Crippen MR) is 135 cm³/mol. The summed E-state index contributed by atoms with van der Waals surface area (Å²) >= 11 is 0. The topological polar surface area (TPSA) is 116 Å². The third-order valence-corrected chi connectivity index (χ3v) is 5.52. The normalized spacial score (nSPS) is 13.3. The van der Waals surface area contributed by atoms with Crippen molar-refractivity contribution < 1.29 is 29.3 Å². The summed E-state index contributed by atoms with van der Waals surface area (Å²) in [6, 6.07) is 12.9. The summed E-state index contributed by atoms with van der Waals surface area (Å²) < 4.78 is 5.59. The summed E-state index contributed by atoms with van der Waals surface area (Å²) in [5.41, 5.74) is 0.321. The zero-order valence-electron chi connectivity index (χ0n) is 21.3. The minimum atomic E-state index is -1.26. The Morgan fingerprint density at radius 3 is 2.29 bits per heavy atom. The van der Waals surface area contributed by atoms with Crippen LogP contribution in [0.5, 0.6) is 0 Å². The molecule has 0 heterocycles. The zero-order chi connectivity index (χ0) is 26.2. The van der Waals surface area contributed by atoms with E-state index in [1.54, 1.807) is 18.7 Å². The maximum absolute atomic E-state index is 12.9. The van der Waals surface area contributed by atoms with E-state index in [4.69, 9.17) is 4.74 Å². The Morgan fingerprint density at radius 1 is 1.03 bits per heavy atom. The second-order valence-corrected chi connectivity index (χ2v) is 10.2. The lowest BCUT2D eigenvalue weighted by Gasteiger charge is -2.28. The predicted octanol–water partition coefficient (Wildman–Crippen LogP) is 4.33. The molecule has 192 valence electrons. The lowest BCUT2D eigenvalue weighted by atomic mass is 10.0. The highest BCUT2D eigenvalue weighted by Gasteiger charge is 2.26. The number of benzene rings is 2. The Labute approximate surface area is 207 Å². The molecule has 0 aliphatic carbocycles. The summed E-state index contributed by atoms with van der Waals surface area (Å²) in [4.78, 5) is 38.1. The Morgan fingerprint density at radius 2 is 1.69 bits per heavy atom. The van der Waals surface area contributed by atoms with Gasteiger partial charge in [-0.3, -0.25) is 4.79 Å². The van der Waals surface area contributed by atoms with Crippen LogP contribution < -0.4 is 5.32 Å². The third kappa shape index (κ3) is 9.20. The number of nitrogens with one attached hydrogen (secondary N) is 1. The number of aliphatic hydroxyl groups is 1. The lowest BCUT2D eigenvalue weighted by molar-refractivity contribution is -0.144. The number of fused-ring (bicyclic) bond motifs is 1. The molecule has 0 spiro atoms. The molecule has 2 rings (SSSR count). The van der Waals surface area contributed by atoms with E-state index in [0.717, 1.165) is 16.3 Å². The van der Waals surface area contributed by atoms with Crippen molar-refractivity contribution in [1.29, 1.82) is 0 Å². The van der Waals surface area contributed by atoms with Crippen LogP contribution in [0.4, 0.5) is 4.79 Å². The van der Waals surface area contributed by atoms with Crippen LogP contribution in [0, 0.1) is 5.92 Å². The number of hydrogen-bond acceptors (Lipinski definition) is 5. The number of amides is 2. The Balaban J connectivity index is 2.02. The second-order valence-electron chi connectivity index (χ2n) is 10.2. The average Bonchev–Trinajstić information content (AvgIpc) is 2.77. The van der Waals surface area contributed by atoms with Gasteiger partial charge in [-0.15, -0.1) is 0 Å². The van der Waals surface area contributed by atoms with E-state index in [2.05, 4.69) is 5.32 Å². The molecule has 0 fully saturated rings. The molecule has 8 heteroatoms.